The monoisotopic (exact) mass is 502 g/mol. The van der Waals surface area contributed by atoms with E-state index in [0.717, 1.165) is 50.4 Å². The lowest BCUT2D eigenvalue weighted by molar-refractivity contribution is 0.461. The summed E-state index contributed by atoms with van der Waals surface area (Å²) in [5.41, 5.74) is 7.84. The third kappa shape index (κ3) is 3.94. The molecule has 4 heteroatoms. The molecule has 1 N–H and O–H groups in total. The first-order valence-electron chi connectivity index (χ1n) is 13.1. The molecule has 7 rings (SSSR count). The van der Waals surface area contributed by atoms with E-state index in [-0.39, 0.29) is 0 Å². The lowest BCUT2D eigenvalue weighted by atomic mass is 9.77. The summed E-state index contributed by atoms with van der Waals surface area (Å²) in [6.45, 7) is 0. The van der Waals surface area contributed by atoms with E-state index >= 15 is 0 Å². The van der Waals surface area contributed by atoms with E-state index in [1.807, 2.05) is 24.3 Å². The zero-order valence-corrected chi connectivity index (χ0v) is 21.3. The van der Waals surface area contributed by atoms with Crippen molar-refractivity contribution in [3.63, 3.8) is 0 Å². The van der Waals surface area contributed by atoms with Crippen molar-refractivity contribution in [3.05, 3.63) is 168 Å². The normalized spacial score (nSPS) is 11.6. The predicted molar refractivity (Wildman–Crippen MR) is 157 cm³/mol. The van der Waals surface area contributed by atoms with E-state index in [1.165, 1.54) is 0 Å². The highest BCUT2D eigenvalue weighted by Crippen LogP contribution is 2.41. The van der Waals surface area contributed by atoms with Crippen molar-refractivity contribution in [2.24, 2.45) is 0 Å². The standard InChI is InChI=1S/C35H26N4/c1-4-12-28(13-5-1)35(29-14-6-2-7-15-29,30-16-8-3-9-17-30)39-25-24-31(38-39)26-20-22-27(23-21-26)34-36-32-18-10-11-19-33(32)37-34/h1-25H,(H,36,37). The maximum atomic E-state index is 5.21. The number of nitrogens with zero attached hydrogens (tertiary/aromatic N) is 3. The SMILES string of the molecule is c1ccc(C(c2ccccc2)(c2ccccc2)n2ccc(-c3ccc(-c4nc5ccccc5[nH]4)cc3)n2)cc1. The van der Waals surface area contributed by atoms with Gasteiger partial charge in [0, 0.05) is 17.3 Å². The Balaban J connectivity index is 1.34. The van der Waals surface area contributed by atoms with Crippen molar-refractivity contribution in [1.29, 1.82) is 0 Å². The van der Waals surface area contributed by atoms with E-state index in [4.69, 9.17) is 10.1 Å². The zero-order valence-electron chi connectivity index (χ0n) is 21.3. The molecule has 0 bridgehead atoms. The van der Waals surface area contributed by atoms with Crippen LogP contribution in [0.4, 0.5) is 0 Å². The summed E-state index contributed by atoms with van der Waals surface area (Å²) in [6.07, 6.45) is 2.09. The molecular formula is C35H26N4. The summed E-state index contributed by atoms with van der Waals surface area (Å²) in [6, 6.07) is 50.5. The van der Waals surface area contributed by atoms with Gasteiger partial charge in [0.25, 0.3) is 0 Å². The molecule has 0 fully saturated rings. The van der Waals surface area contributed by atoms with Crippen LogP contribution in [0.25, 0.3) is 33.7 Å². The Bertz CT molecular complexity index is 1700. The summed E-state index contributed by atoms with van der Waals surface area (Å²) in [7, 11) is 0. The minimum atomic E-state index is -0.629. The van der Waals surface area contributed by atoms with Gasteiger partial charge in [-0.25, -0.2) is 4.98 Å². The van der Waals surface area contributed by atoms with Crippen molar-refractivity contribution in [2.45, 2.75) is 5.54 Å². The predicted octanol–water partition coefficient (Wildman–Crippen LogP) is 7.93. The molecule has 2 aromatic heterocycles. The number of benzene rings is 5. The van der Waals surface area contributed by atoms with Gasteiger partial charge in [-0.1, -0.05) is 127 Å². The molecule has 0 aliphatic carbocycles. The molecular weight excluding hydrogens is 476 g/mol. The number of para-hydroxylation sites is 2. The first-order chi connectivity index (χ1) is 19.3. The summed E-state index contributed by atoms with van der Waals surface area (Å²) in [5, 5.41) is 5.21. The van der Waals surface area contributed by atoms with Crippen LogP contribution in [0.1, 0.15) is 16.7 Å². The highest BCUT2D eigenvalue weighted by atomic mass is 15.3. The number of H-pyrrole nitrogens is 1. The van der Waals surface area contributed by atoms with Crippen molar-refractivity contribution in [1.82, 2.24) is 19.7 Å². The molecule has 0 amide bonds. The van der Waals surface area contributed by atoms with Crippen LogP contribution in [-0.2, 0) is 5.54 Å². The van der Waals surface area contributed by atoms with Gasteiger partial charge in [-0.15, -0.1) is 0 Å². The van der Waals surface area contributed by atoms with E-state index in [9.17, 15) is 0 Å². The maximum absolute atomic E-state index is 5.21. The minimum Gasteiger partial charge on any atom is -0.338 e. The van der Waals surface area contributed by atoms with Crippen LogP contribution in [0.2, 0.25) is 0 Å². The molecule has 0 atom stereocenters. The molecule has 5 aromatic carbocycles. The number of fused-ring (bicyclic) bond motifs is 1. The van der Waals surface area contributed by atoms with Gasteiger partial charge in [-0.2, -0.15) is 5.10 Å². The molecule has 39 heavy (non-hydrogen) atoms. The number of hydrogen-bond donors (Lipinski definition) is 1. The Morgan fingerprint density at radius 1 is 0.513 bits per heavy atom. The second-order valence-electron chi connectivity index (χ2n) is 9.63. The number of rotatable bonds is 6. The quantitative estimate of drug-likeness (QED) is 0.235. The average molecular weight is 503 g/mol. The van der Waals surface area contributed by atoms with Gasteiger partial charge in [-0.3, -0.25) is 4.68 Å². The first-order valence-corrected chi connectivity index (χ1v) is 13.1. The Morgan fingerprint density at radius 3 is 1.59 bits per heavy atom. The van der Waals surface area contributed by atoms with Gasteiger partial charge in [0.1, 0.15) is 11.4 Å². The number of hydrogen-bond acceptors (Lipinski definition) is 2. The Morgan fingerprint density at radius 2 is 1.03 bits per heavy atom. The van der Waals surface area contributed by atoms with Gasteiger partial charge in [-0.05, 0) is 34.9 Å². The summed E-state index contributed by atoms with van der Waals surface area (Å²) in [4.78, 5) is 8.17. The molecule has 0 spiro atoms. The van der Waals surface area contributed by atoms with Crippen molar-refractivity contribution in [2.75, 3.05) is 0 Å². The van der Waals surface area contributed by atoms with Gasteiger partial charge in [0.2, 0.25) is 0 Å². The molecule has 0 aliphatic rings. The molecule has 4 nitrogen and oxygen atoms in total. The summed E-state index contributed by atoms with van der Waals surface area (Å²) in [5.74, 6) is 0.865. The Kier molecular flexibility index (Phi) is 5.64. The van der Waals surface area contributed by atoms with E-state index in [0.29, 0.717) is 0 Å². The maximum Gasteiger partial charge on any atom is 0.138 e. The Labute approximate surface area is 227 Å². The zero-order chi connectivity index (χ0) is 26.1. The molecule has 0 unspecified atom stereocenters. The third-order valence-corrected chi connectivity index (χ3v) is 7.35. The van der Waals surface area contributed by atoms with Gasteiger partial charge in [0.05, 0.1) is 16.7 Å². The number of aromatic nitrogens is 4. The van der Waals surface area contributed by atoms with Crippen molar-refractivity contribution in [3.8, 4) is 22.6 Å². The lowest BCUT2D eigenvalue weighted by Crippen LogP contribution is -2.38. The van der Waals surface area contributed by atoms with Crippen LogP contribution < -0.4 is 0 Å². The number of imidazole rings is 1. The van der Waals surface area contributed by atoms with Crippen LogP contribution in [-0.4, -0.2) is 19.7 Å². The second-order valence-corrected chi connectivity index (χ2v) is 9.63. The summed E-state index contributed by atoms with van der Waals surface area (Å²) >= 11 is 0. The van der Waals surface area contributed by atoms with Gasteiger partial charge >= 0.3 is 0 Å². The van der Waals surface area contributed by atoms with Gasteiger partial charge < -0.3 is 4.98 Å². The smallest absolute Gasteiger partial charge is 0.138 e. The molecule has 2 heterocycles. The molecule has 0 radical (unpaired) electrons. The number of nitrogens with one attached hydrogen (secondary N) is 1. The van der Waals surface area contributed by atoms with Crippen LogP contribution >= 0.6 is 0 Å². The minimum absolute atomic E-state index is 0.629. The fourth-order valence-electron chi connectivity index (χ4n) is 5.49. The third-order valence-electron chi connectivity index (χ3n) is 7.35. The van der Waals surface area contributed by atoms with Crippen molar-refractivity contribution >= 4 is 11.0 Å². The molecule has 0 aliphatic heterocycles. The molecule has 7 aromatic rings. The van der Waals surface area contributed by atoms with Crippen LogP contribution in [0, 0.1) is 0 Å². The Hall–Kier alpha value is -5.22. The largest absolute Gasteiger partial charge is 0.338 e. The second kappa shape index (κ2) is 9.58. The van der Waals surface area contributed by atoms with E-state index in [1.54, 1.807) is 0 Å². The number of aromatic amines is 1. The highest BCUT2D eigenvalue weighted by Gasteiger charge is 2.39. The van der Waals surface area contributed by atoms with Crippen molar-refractivity contribution < 1.29 is 0 Å². The fraction of sp³-hybridized carbons (Fsp3) is 0.0286. The van der Waals surface area contributed by atoms with Crippen LogP contribution in [0.3, 0.4) is 0 Å². The topological polar surface area (TPSA) is 46.5 Å². The summed E-state index contributed by atoms with van der Waals surface area (Å²) < 4.78 is 2.11. The molecule has 186 valence electrons. The van der Waals surface area contributed by atoms with Gasteiger partial charge in [0.15, 0.2) is 0 Å². The molecule has 0 saturated heterocycles. The lowest BCUT2D eigenvalue weighted by Gasteiger charge is -2.36. The average Bonchev–Trinajstić information content (AvgIpc) is 3.68. The van der Waals surface area contributed by atoms with E-state index in [2.05, 4.69) is 137 Å². The molecule has 0 saturated carbocycles. The fourth-order valence-corrected chi connectivity index (χ4v) is 5.49. The highest BCUT2D eigenvalue weighted by molar-refractivity contribution is 5.79. The van der Waals surface area contributed by atoms with E-state index < -0.39 is 5.54 Å². The van der Waals surface area contributed by atoms with Crippen LogP contribution in [0.15, 0.2) is 152 Å². The first kappa shape index (κ1) is 22.9. The van der Waals surface area contributed by atoms with Crippen LogP contribution in [0.5, 0.6) is 0 Å².